The van der Waals surface area contributed by atoms with Crippen molar-refractivity contribution in [3.05, 3.63) is 53.3 Å². The Morgan fingerprint density at radius 2 is 2.00 bits per heavy atom. The van der Waals surface area contributed by atoms with E-state index in [-0.39, 0.29) is 11.2 Å². The molecule has 3 aromatic rings. The molecule has 1 saturated carbocycles. The van der Waals surface area contributed by atoms with Crippen molar-refractivity contribution in [3.8, 4) is 11.4 Å². The topological polar surface area (TPSA) is 72.7 Å². The van der Waals surface area contributed by atoms with Gasteiger partial charge in [-0.15, -0.1) is 10.2 Å². The molecule has 1 aromatic carbocycles. The number of rotatable bonds is 6. The maximum absolute atomic E-state index is 12.7. The van der Waals surface area contributed by atoms with Gasteiger partial charge in [-0.1, -0.05) is 29.4 Å². The molecule has 1 aliphatic rings. The Kier molecular flexibility index (Phi) is 5.37. The normalized spacial score (nSPS) is 14.7. The van der Waals surface area contributed by atoms with Crippen LogP contribution >= 0.6 is 23.4 Å². The molecule has 1 atom stereocenters. The number of aromatic nitrogens is 4. The van der Waals surface area contributed by atoms with E-state index in [1.807, 2.05) is 38.1 Å². The van der Waals surface area contributed by atoms with Crippen molar-refractivity contribution in [2.45, 2.75) is 43.1 Å². The first kappa shape index (κ1) is 19.0. The molecule has 4 rings (SSSR count). The summed E-state index contributed by atoms with van der Waals surface area (Å²) in [5.41, 5.74) is 2.68. The Hall–Kier alpha value is -2.38. The molecule has 0 radical (unpaired) electrons. The van der Waals surface area contributed by atoms with Gasteiger partial charge in [-0.3, -0.25) is 14.3 Å². The molecule has 1 aliphatic carbocycles. The van der Waals surface area contributed by atoms with Gasteiger partial charge in [-0.25, -0.2) is 0 Å². The number of amides is 1. The van der Waals surface area contributed by atoms with Gasteiger partial charge in [0, 0.05) is 34.7 Å². The Morgan fingerprint density at radius 1 is 1.25 bits per heavy atom. The van der Waals surface area contributed by atoms with Gasteiger partial charge in [0.25, 0.3) is 0 Å². The number of halogens is 1. The maximum Gasteiger partial charge on any atom is 0.237 e. The SMILES string of the molecule is Cc1ccc(Cl)cc1NC(=O)[C@@H](C)Sc1nnc(-c2ccncc2)n1C1CC1. The monoisotopic (exact) mass is 413 g/mol. The van der Waals surface area contributed by atoms with Crippen LogP contribution in [0.3, 0.4) is 0 Å². The van der Waals surface area contributed by atoms with Gasteiger partial charge in [0.15, 0.2) is 11.0 Å². The van der Waals surface area contributed by atoms with Crippen LogP contribution in [0.4, 0.5) is 5.69 Å². The maximum atomic E-state index is 12.7. The quantitative estimate of drug-likeness (QED) is 0.590. The first-order valence-corrected chi connectivity index (χ1v) is 10.4. The van der Waals surface area contributed by atoms with Crippen molar-refractivity contribution in [1.82, 2.24) is 19.7 Å². The Bertz CT molecular complexity index is 1000. The first-order chi connectivity index (χ1) is 13.5. The highest BCUT2D eigenvalue weighted by atomic mass is 35.5. The molecule has 1 fully saturated rings. The fourth-order valence-electron chi connectivity index (χ4n) is 2.89. The third-order valence-corrected chi connectivity index (χ3v) is 5.92. The predicted molar refractivity (Wildman–Crippen MR) is 112 cm³/mol. The van der Waals surface area contributed by atoms with Gasteiger partial charge in [0.2, 0.25) is 5.91 Å². The standard InChI is InChI=1S/C20H20ClN5OS/c1-12-3-4-15(21)11-17(12)23-19(27)13(2)28-20-25-24-18(26(20)16-5-6-16)14-7-9-22-10-8-14/h3-4,7-11,13,16H,5-6H2,1-2H3,(H,23,27)/t13-/m1/s1. The van der Waals surface area contributed by atoms with Crippen LogP contribution in [0.2, 0.25) is 5.02 Å². The molecule has 6 nitrogen and oxygen atoms in total. The number of thioether (sulfide) groups is 1. The van der Waals surface area contributed by atoms with E-state index < -0.39 is 0 Å². The fraction of sp³-hybridized carbons (Fsp3) is 0.300. The lowest BCUT2D eigenvalue weighted by molar-refractivity contribution is -0.115. The molecule has 0 spiro atoms. The van der Waals surface area contributed by atoms with Crippen LogP contribution in [-0.4, -0.2) is 30.9 Å². The number of nitrogens with zero attached hydrogens (tertiary/aromatic N) is 4. The largest absolute Gasteiger partial charge is 0.325 e. The van der Waals surface area contributed by atoms with Gasteiger partial charge in [0.05, 0.1) is 5.25 Å². The second-order valence-corrected chi connectivity index (χ2v) is 8.60. The number of pyridine rings is 1. The molecule has 1 N–H and O–H groups in total. The number of nitrogens with one attached hydrogen (secondary N) is 1. The second-order valence-electron chi connectivity index (χ2n) is 6.85. The van der Waals surface area contributed by atoms with Gasteiger partial charge in [-0.05, 0) is 56.5 Å². The van der Waals surface area contributed by atoms with E-state index in [4.69, 9.17) is 11.6 Å². The van der Waals surface area contributed by atoms with Crippen molar-refractivity contribution >= 4 is 35.0 Å². The van der Waals surface area contributed by atoms with E-state index in [0.717, 1.165) is 40.6 Å². The number of benzene rings is 1. The van der Waals surface area contributed by atoms with Crippen molar-refractivity contribution < 1.29 is 4.79 Å². The molecule has 2 aromatic heterocycles. The van der Waals surface area contributed by atoms with Crippen LogP contribution in [0, 0.1) is 6.92 Å². The number of hydrogen-bond donors (Lipinski definition) is 1. The number of carbonyl (C=O) groups excluding carboxylic acids is 1. The minimum atomic E-state index is -0.328. The van der Waals surface area contributed by atoms with E-state index in [0.29, 0.717) is 11.1 Å². The van der Waals surface area contributed by atoms with Crippen LogP contribution < -0.4 is 5.32 Å². The molecule has 0 bridgehead atoms. The molecule has 2 heterocycles. The summed E-state index contributed by atoms with van der Waals surface area (Å²) in [5.74, 6) is 0.733. The molecular formula is C20H20ClN5OS. The van der Waals surface area contributed by atoms with Crippen LogP contribution in [0.25, 0.3) is 11.4 Å². The van der Waals surface area contributed by atoms with Crippen molar-refractivity contribution in [2.75, 3.05) is 5.32 Å². The lowest BCUT2D eigenvalue weighted by atomic mass is 10.2. The lowest BCUT2D eigenvalue weighted by Gasteiger charge is -2.14. The van der Waals surface area contributed by atoms with Gasteiger partial charge >= 0.3 is 0 Å². The summed E-state index contributed by atoms with van der Waals surface area (Å²) >= 11 is 7.47. The van der Waals surface area contributed by atoms with E-state index in [2.05, 4.69) is 25.1 Å². The van der Waals surface area contributed by atoms with Crippen molar-refractivity contribution in [1.29, 1.82) is 0 Å². The first-order valence-electron chi connectivity index (χ1n) is 9.12. The van der Waals surface area contributed by atoms with Crippen LogP contribution in [0.15, 0.2) is 47.9 Å². The molecule has 144 valence electrons. The van der Waals surface area contributed by atoms with Crippen LogP contribution in [0.1, 0.15) is 31.4 Å². The molecule has 0 unspecified atom stereocenters. The highest BCUT2D eigenvalue weighted by Crippen LogP contribution is 2.41. The van der Waals surface area contributed by atoms with E-state index >= 15 is 0 Å². The summed E-state index contributed by atoms with van der Waals surface area (Å²) in [5, 5.41) is 12.7. The summed E-state index contributed by atoms with van der Waals surface area (Å²) in [6.45, 7) is 3.81. The molecule has 1 amide bonds. The van der Waals surface area contributed by atoms with E-state index in [1.165, 1.54) is 11.8 Å². The lowest BCUT2D eigenvalue weighted by Crippen LogP contribution is -2.23. The summed E-state index contributed by atoms with van der Waals surface area (Å²) in [6, 6.07) is 9.71. The zero-order chi connectivity index (χ0) is 19.7. The van der Waals surface area contributed by atoms with Gasteiger partial charge in [-0.2, -0.15) is 0 Å². The summed E-state index contributed by atoms with van der Waals surface area (Å²) in [7, 11) is 0. The Labute approximate surface area is 172 Å². The van der Waals surface area contributed by atoms with E-state index in [9.17, 15) is 4.79 Å². The zero-order valence-corrected chi connectivity index (χ0v) is 17.2. The smallest absolute Gasteiger partial charge is 0.237 e. The number of carbonyl (C=O) groups is 1. The van der Waals surface area contributed by atoms with Crippen LogP contribution in [0.5, 0.6) is 0 Å². The molecule has 28 heavy (non-hydrogen) atoms. The summed E-state index contributed by atoms with van der Waals surface area (Å²) in [4.78, 5) is 16.8. The average Bonchev–Trinajstić information content (AvgIpc) is 3.45. The van der Waals surface area contributed by atoms with Gasteiger partial charge < -0.3 is 5.32 Å². The predicted octanol–water partition coefficient (Wildman–Crippen LogP) is 4.76. The second kappa shape index (κ2) is 7.93. The summed E-state index contributed by atoms with van der Waals surface area (Å²) in [6.07, 6.45) is 5.70. The summed E-state index contributed by atoms with van der Waals surface area (Å²) < 4.78 is 2.15. The average molecular weight is 414 g/mol. The number of aryl methyl sites for hydroxylation is 1. The molecule has 0 aliphatic heterocycles. The number of anilines is 1. The molecular weight excluding hydrogens is 394 g/mol. The molecule has 8 heteroatoms. The Balaban J connectivity index is 1.53. The highest BCUT2D eigenvalue weighted by Gasteiger charge is 2.31. The van der Waals surface area contributed by atoms with E-state index in [1.54, 1.807) is 18.5 Å². The Morgan fingerprint density at radius 3 is 2.71 bits per heavy atom. The third-order valence-electron chi connectivity index (χ3n) is 4.62. The minimum Gasteiger partial charge on any atom is -0.325 e. The minimum absolute atomic E-state index is 0.0915. The van der Waals surface area contributed by atoms with Crippen molar-refractivity contribution in [3.63, 3.8) is 0 Å². The number of hydrogen-bond acceptors (Lipinski definition) is 5. The zero-order valence-electron chi connectivity index (χ0n) is 15.6. The van der Waals surface area contributed by atoms with Crippen LogP contribution in [-0.2, 0) is 4.79 Å². The van der Waals surface area contributed by atoms with Crippen molar-refractivity contribution in [2.24, 2.45) is 0 Å². The molecule has 0 saturated heterocycles. The highest BCUT2D eigenvalue weighted by molar-refractivity contribution is 8.00. The third kappa shape index (κ3) is 4.05. The fourth-order valence-corrected chi connectivity index (χ4v) is 3.98. The van der Waals surface area contributed by atoms with Gasteiger partial charge in [0.1, 0.15) is 0 Å².